The molecule has 1 aliphatic carbocycles. The summed E-state index contributed by atoms with van der Waals surface area (Å²) in [6.07, 6.45) is 0. The van der Waals surface area contributed by atoms with E-state index in [0.29, 0.717) is 23.4 Å². The maximum atomic E-state index is 6.71. The summed E-state index contributed by atoms with van der Waals surface area (Å²) in [4.78, 5) is 20.0. The van der Waals surface area contributed by atoms with Crippen molar-refractivity contribution in [1.82, 2.24) is 19.9 Å². The average molecular weight is 719 g/mol. The third-order valence-corrected chi connectivity index (χ3v) is 11.4. The molecule has 5 nitrogen and oxygen atoms in total. The van der Waals surface area contributed by atoms with Gasteiger partial charge in [-0.1, -0.05) is 159 Å². The normalized spacial score (nSPS) is 13.0. The molecule has 2 heterocycles. The molecular weight excluding hydrogens is 685 g/mol. The third-order valence-electron chi connectivity index (χ3n) is 11.4. The number of benzene rings is 8. The number of nitrogens with zero attached hydrogens (tertiary/aromatic N) is 4. The first kappa shape index (κ1) is 32.2. The van der Waals surface area contributed by atoms with Crippen molar-refractivity contribution in [3.63, 3.8) is 0 Å². The SMILES string of the molecule is CC1(C)c2ccccc2-c2c1ccc1ccc3nc(-c4ccc(-c5ccc(-c6nc(-c7ccccc7)nc(-c7ccccc7)n6)c6ccccc56)cc4)oc3c21. The summed E-state index contributed by atoms with van der Waals surface area (Å²) < 4.78 is 6.71. The van der Waals surface area contributed by atoms with Crippen LogP contribution in [0.25, 0.3) is 101 Å². The Hall–Kier alpha value is -7.24. The molecule has 0 bridgehead atoms. The van der Waals surface area contributed by atoms with Crippen LogP contribution in [0.3, 0.4) is 0 Å². The fourth-order valence-corrected chi connectivity index (χ4v) is 8.58. The van der Waals surface area contributed by atoms with Gasteiger partial charge in [-0.25, -0.2) is 19.9 Å². The van der Waals surface area contributed by atoms with Crippen LogP contribution in [0, 0.1) is 0 Å². The predicted octanol–water partition coefficient (Wildman–Crippen LogP) is 13.0. The van der Waals surface area contributed by atoms with Gasteiger partial charge in [0.15, 0.2) is 23.1 Å². The van der Waals surface area contributed by atoms with E-state index in [1.54, 1.807) is 0 Å². The van der Waals surface area contributed by atoms with Gasteiger partial charge < -0.3 is 4.42 Å². The molecule has 0 radical (unpaired) electrons. The Balaban J connectivity index is 0.996. The topological polar surface area (TPSA) is 64.7 Å². The van der Waals surface area contributed by atoms with E-state index in [1.807, 2.05) is 60.7 Å². The standard InChI is InChI=1S/C51H34N4O/c1-51(2)41-20-12-11-19-40(41)45-42(51)29-25-32-26-30-43-46(44(32)45)56-50(52-43)35-23-21-31(22-24-35)36-27-28-39(38-18-10-9-17-37(36)38)49-54-47(33-13-5-3-6-14-33)53-48(55-49)34-15-7-4-8-16-34/h3-30H,1-2H3. The fourth-order valence-electron chi connectivity index (χ4n) is 8.58. The van der Waals surface area contributed by atoms with E-state index < -0.39 is 0 Å². The smallest absolute Gasteiger partial charge is 0.227 e. The van der Waals surface area contributed by atoms with Crippen molar-refractivity contribution < 1.29 is 4.42 Å². The molecule has 0 aliphatic heterocycles. The first-order valence-electron chi connectivity index (χ1n) is 19.0. The van der Waals surface area contributed by atoms with Crippen LogP contribution < -0.4 is 0 Å². The van der Waals surface area contributed by atoms with Gasteiger partial charge in [-0.3, -0.25) is 0 Å². The van der Waals surface area contributed by atoms with Crippen LogP contribution in [-0.4, -0.2) is 19.9 Å². The van der Waals surface area contributed by atoms with Gasteiger partial charge >= 0.3 is 0 Å². The van der Waals surface area contributed by atoms with Gasteiger partial charge in [0.2, 0.25) is 5.89 Å². The lowest BCUT2D eigenvalue weighted by Crippen LogP contribution is -2.14. The van der Waals surface area contributed by atoms with Gasteiger partial charge in [-0.15, -0.1) is 0 Å². The Kier molecular flexibility index (Phi) is 7.13. The predicted molar refractivity (Wildman–Crippen MR) is 227 cm³/mol. The van der Waals surface area contributed by atoms with Gasteiger partial charge in [0.1, 0.15) is 5.52 Å². The zero-order valence-corrected chi connectivity index (χ0v) is 30.9. The summed E-state index contributed by atoms with van der Waals surface area (Å²) in [6.45, 7) is 4.62. The highest BCUT2D eigenvalue weighted by Gasteiger charge is 2.37. The fraction of sp³-hybridized carbons (Fsp3) is 0.0588. The highest BCUT2D eigenvalue weighted by atomic mass is 16.3. The molecule has 0 N–H and O–H groups in total. The van der Waals surface area contributed by atoms with Crippen molar-refractivity contribution in [1.29, 1.82) is 0 Å². The second-order valence-electron chi connectivity index (χ2n) is 15.0. The number of oxazole rings is 1. The molecule has 8 aromatic carbocycles. The molecule has 2 aromatic heterocycles. The largest absolute Gasteiger partial charge is 0.435 e. The molecule has 0 atom stereocenters. The van der Waals surface area contributed by atoms with Crippen molar-refractivity contribution in [2.75, 3.05) is 0 Å². The van der Waals surface area contributed by atoms with Crippen LogP contribution >= 0.6 is 0 Å². The zero-order valence-electron chi connectivity index (χ0n) is 30.9. The van der Waals surface area contributed by atoms with Crippen molar-refractivity contribution in [3.05, 3.63) is 181 Å². The summed E-state index contributed by atoms with van der Waals surface area (Å²) in [6, 6.07) is 59.0. The van der Waals surface area contributed by atoms with Gasteiger partial charge in [0, 0.05) is 33.1 Å². The third kappa shape index (κ3) is 5.01. The minimum absolute atomic E-state index is 0.0924. The molecule has 56 heavy (non-hydrogen) atoms. The van der Waals surface area contributed by atoms with Gasteiger partial charge in [-0.2, -0.15) is 0 Å². The molecule has 10 aromatic rings. The number of hydrogen-bond acceptors (Lipinski definition) is 5. The van der Waals surface area contributed by atoms with E-state index in [-0.39, 0.29) is 5.41 Å². The van der Waals surface area contributed by atoms with E-state index in [2.05, 4.69) is 123 Å². The van der Waals surface area contributed by atoms with Gasteiger partial charge in [0.05, 0.1) is 0 Å². The van der Waals surface area contributed by atoms with Crippen molar-refractivity contribution in [3.8, 4) is 67.9 Å². The Morgan fingerprint density at radius 2 is 0.982 bits per heavy atom. The average Bonchev–Trinajstić information content (AvgIpc) is 3.80. The summed E-state index contributed by atoms with van der Waals surface area (Å²) >= 11 is 0. The first-order chi connectivity index (χ1) is 27.5. The molecule has 0 spiro atoms. The molecule has 264 valence electrons. The lowest BCUT2D eigenvalue weighted by Gasteiger charge is -2.21. The Morgan fingerprint density at radius 1 is 0.411 bits per heavy atom. The van der Waals surface area contributed by atoms with E-state index in [1.165, 1.54) is 22.3 Å². The molecule has 0 fully saturated rings. The highest BCUT2D eigenvalue weighted by molar-refractivity contribution is 6.14. The van der Waals surface area contributed by atoms with Gasteiger partial charge in [-0.05, 0) is 73.8 Å². The van der Waals surface area contributed by atoms with Gasteiger partial charge in [0.25, 0.3) is 0 Å². The van der Waals surface area contributed by atoms with Crippen molar-refractivity contribution in [2.45, 2.75) is 19.3 Å². The first-order valence-corrected chi connectivity index (χ1v) is 19.0. The monoisotopic (exact) mass is 718 g/mol. The van der Waals surface area contributed by atoms with E-state index in [0.717, 1.165) is 66.0 Å². The Labute approximate surface area is 324 Å². The van der Waals surface area contributed by atoms with E-state index in [4.69, 9.17) is 24.4 Å². The minimum atomic E-state index is -0.0924. The molecule has 0 amide bonds. The lowest BCUT2D eigenvalue weighted by atomic mass is 9.82. The lowest BCUT2D eigenvalue weighted by molar-refractivity contribution is 0.623. The molecule has 0 saturated carbocycles. The summed E-state index contributed by atoms with van der Waals surface area (Å²) in [5.74, 6) is 2.53. The van der Waals surface area contributed by atoms with Crippen molar-refractivity contribution in [2.24, 2.45) is 0 Å². The van der Waals surface area contributed by atoms with Crippen LogP contribution in [0.1, 0.15) is 25.0 Å². The Morgan fingerprint density at radius 3 is 1.70 bits per heavy atom. The molecule has 11 rings (SSSR count). The molecule has 0 unspecified atom stereocenters. The quantitative estimate of drug-likeness (QED) is 0.177. The summed E-state index contributed by atoms with van der Waals surface area (Å²) in [5.41, 5.74) is 12.8. The second kappa shape index (κ2) is 12.4. The van der Waals surface area contributed by atoms with Crippen LogP contribution in [0.5, 0.6) is 0 Å². The van der Waals surface area contributed by atoms with E-state index >= 15 is 0 Å². The summed E-state index contributed by atoms with van der Waals surface area (Å²) in [7, 11) is 0. The van der Waals surface area contributed by atoms with E-state index in [9.17, 15) is 0 Å². The Bertz CT molecular complexity index is 3090. The number of fused-ring (bicyclic) bond motifs is 8. The zero-order chi connectivity index (χ0) is 37.4. The maximum Gasteiger partial charge on any atom is 0.227 e. The molecular formula is C51H34N4O. The minimum Gasteiger partial charge on any atom is -0.435 e. The number of hydrogen-bond donors (Lipinski definition) is 0. The molecule has 0 saturated heterocycles. The summed E-state index contributed by atoms with van der Waals surface area (Å²) in [5, 5.41) is 4.47. The maximum absolute atomic E-state index is 6.71. The van der Waals surface area contributed by atoms with Crippen LogP contribution in [-0.2, 0) is 5.41 Å². The van der Waals surface area contributed by atoms with Crippen LogP contribution in [0.15, 0.2) is 174 Å². The number of aromatic nitrogens is 4. The van der Waals surface area contributed by atoms with Crippen molar-refractivity contribution >= 4 is 32.6 Å². The van der Waals surface area contributed by atoms with Crippen LogP contribution in [0.4, 0.5) is 0 Å². The number of rotatable bonds is 5. The highest BCUT2D eigenvalue weighted by Crippen LogP contribution is 2.52. The molecule has 5 heteroatoms. The molecule has 1 aliphatic rings. The van der Waals surface area contributed by atoms with Crippen LogP contribution in [0.2, 0.25) is 0 Å². The second-order valence-corrected chi connectivity index (χ2v) is 15.0.